The third-order valence-corrected chi connectivity index (χ3v) is 5.13. The molecule has 1 aromatic rings. The summed E-state index contributed by atoms with van der Waals surface area (Å²) >= 11 is 0. The SMILES string of the molecule is O=C1NCc2c(NC(=O)C3(C4CCCCO4)CC3)cccc21. The summed E-state index contributed by atoms with van der Waals surface area (Å²) in [5, 5.41) is 5.85. The molecule has 3 aliphatic rings. The van der Waals surface area contributed by atoms with Crippen LogP contribution in [-0.4, -0.2) is 24.5 Å². The minimum absolute atomic E-state index is 0.0483. The Morgan fingerprint density at radius 2 is 2.18 bits per heavy atom. The van der Waals surface area contributed by atoms with Gasteiger partial charge in [0.2, 0.25) is 5.91 Å². The Hall–Kier alpha value is -1.88. The molecule has 1 aliphatic carbocycles. The number of nitrogens with one attached hydrogen (secondary N) is 2. The van der Waals surface area contributed by atoms with Crippen LogP contribution in [0, 0.1) is 5.41 Å². The van der Waals surface area contributed by atoms with E-state index >= 15 is 0 Å². The molecule has 0 radical (unpaired) electrons. The third kappa shape index (κ3) is 2.11. The van der Waals surface area contributed by atoms with Crippen molar-refractivity contribution in [3.8, 4) is 0 Å². The van der Waals surface area contributed by atoms with Crippen molar-refractivity contribution in [2.45, 2.75) is 44.8 Å². The quantitative estimate of drug-likeness (QED) is 0.899. The smallest absolute Gasteiger partial charge is 0.251 e. The monoisotopic (exact) mass is 300 g/mol. The summed E-state index contributed by atoms with van der Waals surface area (Å²) < 4.78 is 5.85. The van der Waals surface area contributed by atoms with Gasteiger partial charge >= 0.3 is 0 Å². The summed E-state index contributed by atoms with van der Waals surface area (Å²) in [5.41, 5.74) is 1.96. The number of anilines is 1. The maximum absolute atomic E-state index is 12.8. The molecule has 2 N–H and O–H groups in total. The fourth-order valence-electron chi connectivity index (χ4n) is 3.62. The third-order valence-electron chi connectivity index (χ3n) is 5.13. The van der Waals surface area contributed by atoms with Gasteiger partial charge in [-0.15, -0.1) is 0 Å². The summed E-state index contributed by atoms with van der Waals surface area (Å²) in [5.74, 6) is -0.0185. The molecule has 2 heterocycles. The molecule has 1 saturated heterocycles. The highest BCUT2D eigenvalue weighted by atomic mass is 16.5. The van der Waals surface area contributed by atoms with E-state index in [1.54, 1.807) is 6.07 Å². The summed E-state index contributed by atoms with van der Waals surface area (Å²) in [4.78, 5) is 24.5. The van der Waals surface area contributed by atoms with Crippen molar-refractivity contribution < 1.29 is 14.3 Å². The van der Waals surface area contributed by atoms with Crippen molar-refractivity contribution in [3.63, 3.8) is 0 Å². The largest absolute Gasteiger partial charge is 0.377 e. The lowest BCUT2D eigenvalue weighted by molar-refractivity contribution is -0.129. The normalized spacial score (nSPS) is 25.3. The van der Waals surface area contributed by atoms with Crippen molar-refractivity contribution in [1.82, 2.24) is 5.32 Å². The maximum Gasteiger partial charge on any atom is 0.251 e. The molecule has 1 atom stereocenters. The second-order valence-corrected chi connectivity index (χ2v) is 6.48. The fourth-order valence-corrected chi connectivity index (χ4v) is 3.62. The Balaban J connectivity index is 1.54. The first-order valence-corrected chi connectivity index (χ1v) is 8.04. The minimum atomic E-state index is -0.348. The summed E-state index contributed by atoms with van der Waals surface area (Å²) in [7, 11) is 0. The first-order chi connectivity index (χ1) is 10.7. The number of fused-ring (bicyclic) bond motifs is 1. The number of carbonyl (C=O) groups excluding carboxylic acids is 2. The highest BCUT2D eigenvalue weighted by Gasteiger charge is 2.56. The average molecular weight is 300 g/mol. The van der Waals surface area contributed by atoms with Gasteiger partial charge in [-0.3, -0.25) is 9.59 Å². The van der Waals surface area contributed by atoms with E-state index in [9.17, 15) is 9.59 Å². The van der Waals surface area contributed by atoms with Crippen molar-refractivity contribution in [1.29, 1.82) is 0 Å². The van der Waals surface area contributed by atoms with Gasteiger partial charge in [-0.05, 0) is 44.2 Å². The van der Waals surface area contributed by atoms with E-state index in [1.807, 2.05) is 12.1 Å². The van der Waals surface area contributed by atoms with Crippen LogP contribution in [0.2, 0.25) is 0 Å². The van der Waals surface area contributed by atoms with E-state index in [4.69, 9.17) is 4.74 Å². The molecule has 0 aromatic heterocycles. The second kappa shape index (κ2) is 5.09. The summed E-state index contributed by atoms with van der Waals surface area (Å²) in [6.45, 7) is 1.25. The van der Waals surface area contributed by atoms with Gasteiger partial charge in [0.1, 0.15) is 0 Å². The van der Waals surface area contributed by atoms with Crippen molar-refractivity contribution >= 4 is 17.5 Å². The van der Waals surface area contributed by atoms with Crippen molar-refractivity contribution in [2.24, 2.45) is 5.41 Å². The molecule has 5 nitrogen and oxygen atoms in total. The molecule has 4 rings (SSSR count). The zero-order chi connectivity index (χ0) is 15.2. The van der Waals surface area contributed by atoms with Crippen molar-refractivity contribution in [3.05, 3.63) is 29.3 Å². The van der Waals surface area contributed by atoms with Crippen LogP contribution < -0.4 is 10.6 Å². The lowest BCUT2D eigenvalue weighted by Crippen LogP contribution is -2.38. The molecule has 5 heteroatoms. The zero-order valence-electron chi connectivity index (χ0n) is 12.5. The lowest BCUT2D eigenvalue weighted by atomic mass is 9.91. The Kier molecular flexibility index (Phi) is 3.18. The molecule has 1 unspecified atom stereocenters. The topological polar surface area (TPSA) is 67.4 Å². The molecule has 2 amide bonds. The number of carbonyl (C=O) groups is 2. The highest BCUT2D eigenvalue weighted by Crippen LogP contribution is 2.53. The van der Waals surface area contributed by atoms with Gasteiger partial charge in [-0.25, -0.2) is 0 Å². The minimum Gasteiger partial charge on any atom is -0.377 e. The molecular weight excluding hydrogens is 280 g/mol. The molecule has 22 heavy (non-hydrogen) atoms. The zero-order valence-corrected chi connectivity index (χ0v) is 12.5. The van der Waals surface area contributed by atoms with Crippen LogP contribution >= 0.6 is 0 Å². The fraction of sp³-hybridized carbons (Fsp3) is 0.529. The van der Waals surface area contributed by atoms with E-state index in [2.05, 4.69) is 10.6 Å². The van der Waals surface area contributed by atoms with Crippen LogP contribution in [-0.2, 0) is 16.1 Å². The first-order valence-electron chi connectivity index (χ1n) is 8.04. The van der Waals surface area contributed by atoms with Gasteiger partial charge in [-0.2, -0.15) is 0 Å². The number of amides is 2. The lowest BCUT2D eigenvalue weighted by Gasteiger charge is -2.30. The number of hydrogen-bond acceptors (Lipinski definition) is 3. The standard InChI is InChI=1S/C17H20N2O3/c20-15-11-4-3-5-13(12(11)10-18-15)19-16(21)17(7-8-17)14-6-1-2-9-22-14/h3-5,14H,1-2,6-10H2,(H,18,20)(H,19,21). The summed E-state index contributed by atoms with van der Waals surface area (Å²) in [6, 6.07) is 5.48. The Morgan fingerprint density at radius 3 is 2.91 bits per heavy atom. The van der Waals surface area contributed by atoms with Crippen LogP contribution in [0.5, 0.6) is 0 Å². The number of benzene rings is 1. The van der Waals surface area contributed by atoms with Gasteiger partial charge in [0, 0.05) is 30.0 Å². The van der Waals surface area contributed by atoms with Crippen LogP contribution in [0.3, 0.4) is 0 Å². The Labute approximate surface area is 129 Å². The predicted octanol–water partition coefficient (Wildman–Crippen LogP) is 2.22. The molecule has 1 saturated carbocycles. The van der Waals surface area contributed by atoms with Gasteiger partial charge in [0.25, 0.3) is 5.91 Å². The van der Waals surface area contributed by atoms with Gasteiger partial charge in [-0.1, -0.05) is 6.07 Å². The molecule has 2 aliphatic heterocycles. The first kappa shape index (κ1) is 13.8. The number of ether oxygens (including phenoxy) is 1. The maximum atomic E-state index is 12.8. The average Bonchev–Trinajstić information content (AvgIpc) is 3.28. The highest BCUT2D eigenvalue weighted by molar-refractivity contribution is 6.03. The van der Waals surface area contributed by atoms with E-state index in [0.717, 1.165) is 50.0 Å². The predicted molar refractivity (Wildman–Crippen MR) is 81.5 cm³/mol. The van der Waals surface area contributed by atoms with Crippen LogP contribution in [0.1, 0.15) is 48.0 Å². The second-order valence-electron chi connectivity index (χ2n) is 6.48. The summed E-state index contributed by atoms with van der Waals surface area (Å²) in [6.07, 6.45) is 5.05. The van der Waals surface area contributed by atoms with Crippen LogP contribution in [0.25, 0.3) is 0 Å². The van der Waals surface area contributed by atoms with Crippen molar-refractivity contribution in [2.75, 3.05) is 11.9 Å². The van der Waals surface area contributed by atoms with Gasteiger partial charge < -0.3 is 15.4 Å². The molecule has 116 valence electrons. The van der Waals surface area contributed by atoms with Crippen LogP contribution in [0.4, 0.5) is 5.69 Å². The van der Waals surface area contributed by atoms with E-state index in [0.29, 0.717) is 12.1 Å². The number of rotatable bonds is 3. The molecule has 0 bridgehead atoms. The van der Waals surface area contributed by atoms with E-state index < -0.39 is 0 Å². The van der Waals surface area contributed by atoms with E-state index in [-0.39, 0.29) is 23.3 Å². The van der Waals surface area contributed by atoms with E-state index in [1.165, 1.54) is 0 Å². The number of hydrogen-bond donors (Lipinski definition) is 2. The Morgan fingerprint density at radius 1 is 1.32 bits per heavy atom. The molecule has 0 spiro atoms. The molecular formula is C17H20N2O3. The molecule has 1 aromatic carbocycles. The Bertz CT molecular complexity index is 631. The van der Waals surface area contributed by atoms with Crippen LogP contribution in [0.15, 0.2) is 18.2 Å². The molecule has 2 fully saturated rings. The van der Waals surface area contributed by atoms with Gasteiger partial charge in [0.15, 0.2) is 0 Å². The van der Waals surface area contributed by atoms with Gasteiger partial charge in [0.05, 0.1) is 11.5 Å².